The Labute approximate surface area is 106 Å². The first-order valence-electron chi connectivity index (χ1n) is 5.43. The molecule has 4 heteroatoms. The zero-order valence-electron chi connectivity index (χ0n) is 9.50. The van der Waals surface area contributed by atoms with Crippen molar-refractivity contribution in [2.45, 2.75) is 24.0 Å². The Hall–Kier alpha value is -0.380. The van der Waals surface area contributed by atoms with Crippen LogP contribution in [0.2, 0.25) is 5.02 Å². The normalized spacial score (nSPS) is 25.4. The number of ether oxygens (including phenoxy) is 1. The van der Waals surface area contributed by atoms with Crippen LogP contribution in [0.4, 0.5) is 0 Å². The molecule has 0 aromatic heterocycles. The standard InChI is InChI=1S/C12H16ClNOS/c1-8-6-7-14-12(16-8)11-9(13)4-3-5-10(11)15-2/h3-5,8,12,14H,6-7H2,1-2H3. The molecule has 0 aliphatic carbocycles. The van der Waals surface area contributed by atoms with E-state index in [4.69, 9.17) is 16.3 Å². The Morgan fingerprint density at radius 1 is 1.50 bits per heavy atom. The molecule has 2 atom stereocenters. The van der Waals surface area contributed by atoms with Gasteiger partial charge in [-0.05, 0) is 25.1 Å². The topological polar surface area (TPSA) is 21.3 Å². The number of benzene rings is 1. The molecule has 1 aromatic rings. The summed E-state index contributed by atoms with van der Waals surface area (Å²) in [7, 11) is 1.69. The first-order valence-corrected chi connectivity index (χ1v) is 6.75. The first-order chi connectivity index (χ1) is 7.72. The van der Waals surface area contributed by atoms with E-state index in [0.717, 1.165) is 22.9 Å². The van der Waals surface area contributed by atoms with E-state index in [0.29, 0.717) is 5.25 Å². The lowest BCUT2D eigenvalue weighted by molar-refractivity contribution is 0.406. The average molecular weight is 258 g/mol. The second-order valence-electron chi connectivity index (χ2n) is 3.93. The molecule has 2 unspecified atom stereocenters. The van der Waals surface area contributed by atoms with E-state index in [1.54, 1.807) is 7.11 Å². The van der Waals surface area contributed by atoms with Crippen molar-refractivity contribution in [1.82, 2.24) is 5.32 Å². The van der Waals surface area contributed by atoms with Crippen LogP contribution in [-0.2, 0) is 0 Å². The minimum atomic E-state index is 0.243. The van der Waals surface area contributed by atoms with Crippen molar-refractivity contribution in [2.75, 3.05) is 13.7 Å². The smallest absolute Gasteiger partial charge is 0.125 e. The molecule has 0 bridgehead atoms. The second-order valence-corrected chi connectivity index (χ2v) is 5.88. The van der Waals surface area contributed by atoms with Crippen LogP contribution in [0.5, 0.6) is 5.75 Å². The van der Waals surface area contributed by atoms with Gasteiger partial charge in [-0.15, -0.1) is 11.8 Å². The van der Waals surface area contributed by atoms with E-state index >= 15 is 0 Å². The molecular weight excluding hydrogens is 242 g/mol. The van der Waals surface area contributed by atoms with Crippen molar-refractivity contribution < 1.29 is 4.74 Å². The molecule has 0 radical (unpaired) electrons. The summed E-state index contributed by atoms with van der Waals surface area (Å²) in [6, 6.07) is 5.80. The minimum absolute atomic E-state index is 0.243. The Kier molecular flexibility index (Phi) is 4.00. The number of rotatable bonds is 2. The van der Waals surface area contributed by atoms with Gasteiger partial charge in [-0.25, -0.2) is 0 Å². The first kappa shape index (κ1) is 12.1. The molecule has 16 heavy (non-hydrogen) atoms. The van der Waals surface area contributed by atoms with Gasteiger partial charge in [0, 0.05) is 15.8 Å². The molecule has 88 valence electrons. The van der Waals surface area contributed by atoms with Gasteiger partial charge in [0.1, 0.15) is 5.75 Å². The highest BCUT2D eigenvalue weighted by Gasteiger charge is 2.24. The summed E-state index contributed by atoms with van der Waals surface area (Å²) in [5.41, 5.74) is 1.07. The quantitative estimate of drug-likeness (QED) is 0.877. The Bertz CT molecular complexity index is 372. The largest absolute Gasteiger partial charge is 0.496 e. The molecule has 1 aromatic carbocycles. The van der Waals surface area contributed by atoms with E-state index in [9.17, 15) is 0 Å². The summed E-state index contributed by atoms with van der Waals surface area (Å²) < 4.78 is 5.38. The number of hydrogen-bond donors (Lipinski definition) is 1. The van der Waals surface area contributed by atoms with Gasteiger partial charge in [-0.1, -0.05) is 24.6 Å². The number of hydrogen-bond acceptors (Lipinski definition) is 3. The van der Waals surface area contributed by atoms with E-state index in [1.165, 1.54) is 6.42 Å². The van der Waals surface area contributed by atoms with Crippen LogP contribution in [0.1, 0.15) is 24.3 Å². The van der Waals surface area contributed by atoms with Crippen molar-refractivity contribution in [3.63, 3.8) is 0 Å². The molecular formula is C12H16ClNOS. The van der Waals surface area contributed by atoms with Crippen LogP contribution in [0.15, 0.2) is 18.2 Å². The fraction of sp³-hybridized carbons (Fsp3) is 0.500. The summed E-state index contributed by atoms with van der Waals surface area (Å²) in [5.74, 6) is 0.867. The maximum Gasteiger partial charge on any atom is 0.125 e. The molecule has 1 aliphatic heterocycles. The van der Waals surface area contributed by atoms with Crippen LogP contribution in [0.3, 0.4) is 0 Å². The fourth-order valence-electron chi connectivity index (χ4n) is 1.89. The van der Waals surface area contributed by atoms with Gasteiger partial charge in [0.25, 0.3) is 0 Å². The maximum atomic E-state index is 6.26. The van der Waals surface area contributed by atoms with Gasteiger partial charge in [0.15, 0.2) is 0 Å². The lowest BCUT2D eigenvalue weighted by Crippen LogP contribution is -2.29. The van der Waals surface area contributed by atoms with Gasteiger partial charge < -0.3 is 10.1 Å². The Morgan fingerprint density at radius 2 is 2.31 bits per heavy atom. The van der Waals surface area contributed by atoms with Gasteiger partial charge >= 0.3 is 0 Å². The minimum Gasteiger partial charge on any atom is -0.496 e. The molecule has 1 fully saturated rings. The molecule has 2 rings (SSSR count). The summed E-state index contributed by atoms with van der Waals surface area (Å²) in [6.45, 7) is 3.29. The van der Waals surface area contributed by atoms with Gasteiger partial charge in [0.05, 0.1) is 12.5 Å². The van der Waals surface area contributed by atoms with Gasteiger partial charge in [-0.3, -0.25) is 0 Å². The molecule has 1 saturated heterocycles. The zero-order valence-corrected chi connectivity index (χ0v) is 11.1. The number of methoxy groups -OCH3 is 1. The summed E-state index contributed by atoms with van der Waals surface area (Å²) in [6.07, 6.45) is 1.20. The third-order valence-corrected chi connectivity index (χ3v) is 4.45. The van der Waals surface area contributed by atoms with Crippen molar-refractivity contribution in [2.24, 2.45) is 0 Å². The Morgan fingerprint density at radius 3 is 3.00 bits per heavy atom. The zero-order chi connectivity index (χ0) is 11.5. The number of thioether (sulfide) groups is 1. The second kappa shape index (κ2) is 5.30. The predicted molar refractivity (Wildman–Crippen MR) is 70.4 cm³/mol. The highest BCUT2D eigenvalue weighted by molar-refractivity contribution is 8.00. The summed E-state index contributed by atoms with van der Waals surface area (Å²) >= 11 is 8.16. The highest BCUT2D eigenvalue weighted by atomic mass is 35.5. The van der Waals surface area contributed by atoms with Crippen LogP contribution in [0.25, 0.3) is 0 Å². The van der Waals surface area contributed by atoms with Gasteiger partial charge in [-0.2, -0.15) is 0 Å². The van der Waals surface area contributed by atoms with E-state index in [-0.39, 0.29) is 5.37 Å². The summed E-state index contributed by atoms with van der Waals surface area (Å²) in [4.78, 5) is 0. The third kappa shape index (κ3) is 2.47. The van der Waals surface area contributed by atoms with Crippen molar-refractivity contribution in [3.05, 3.63) is 28.8 Å². The average Bonchev–Trinajstić information content (AvgIpc) is 2.28. The van der Waals surface area contributed by atoms with Crippen molar-refractivity contribution in [1.29, 1.82) is 0 Å². The van der Waals surface area contributed by atoms with Crippen molar-refractivity contribution >= 4 is 23.4 Å². The fourth-order valence-corrected chi connectivity index (χ4v) is 3.54. The van der Waals surface area contributed by atoms with Crippen LogP contribution >= 0.6 is 23.4 Å². The van der Waals surface area contributed by atoms with E-state index in [2.05, 4.69) is 12.2 Å². The van der Waals surface area contributed by atoms with Crippen molar-refractivity contribution in [3.8, 4) is 5.75 Å². The molecule has 0 spiro atoms. The number of halogens is 1. The number of nitrogens with one attached hydrogen (secondary N) is 1. The summed E-state index contributed by atoms with van der Waals surface area (Å²) in [5, 5.41) is 5.16. The van der Waals surface area contributed by atoms with Gasteiger partial charge in [0.2, 0.25) is 0 Å². The lowest BCUT2D eigenvalue weighted by Gasteiger charge is -2.29. The molecule has 0 amide bonds. The predicted octanol–water partition coefficient (Wildman–Crippen LogP) is 3.46. The lowest BCUT2D eigenvalue weighted by atomic mass is 10.2. The van der Waals surface area contributed by atoms with Crippen LogP contribution < -0.4 is 10.1 Å². The van der Waals surface area contributed by atoms with Crippen LogP contribution in [-0.4, -0.2) is 18.9 Å². The molecule has 1 heterocycles. The van der Waals surface area contributed by atoms with Crippen LogP contribution in [0, 0.1) is 0 Å². The molecule has 0 saturated carbocycles. The Balaban J connectivity index is 2.30. The molecule has 1 N–H and O–H groups in total. The SMILES string of the molecule is COc1cccc(Cl)c1C1NCCC(C)S1. The van der Waals surface area contributed by atoms with E-state index < -0.39 is 0 Å². The molecule has 2 nitrogen and oxygen atoms in total. The monoisotopic (exact) mass is 257 g/mol. The highest BCUT2D eigenvalue weighted by Crippen LogP contribution is 2.41. The molecule has 1 aliphatic rings. The maximum absolute atomic E-state index is 6.26. The van der Waals surface area contributed by atoms with E-state index in [1.807, 2.05) is 30.0 Å². The third-order valence-electron chi connectivity index (χ3n) is 2.74.